The quantitative estimate of drug-likeness (QED) is 0.451. The molecule has 4 nitrogen and oxygen atoms in total. The number of carbonyl (C=O) groups is 1. The third kappa shape index (κ3) is 7.42. The van der Waals surface area contributed by atoms with Gasteiger partial charge in [-0.25, -0.2) is 0 Å². The van der Waals surface area contributed by atoms with Crippen LogP contribution >= 0.6 is 24.4 Å². The maximum atomic E-state index is 12.0. The fraction of sp³-hybridized carbons (Fsp3) is 0.562. The predicted octanol–water partition coefficient (Wildman–Crippen LogP) is 2.50. The van der Waals surface area contributed by atoms with Crippen LogP contribution in [0.1, 0.15) is 24.8 Å². The van der Waals surface area contributed by atoms with E-state index >= 15 is 0 Å². The summed E-state index contributed by atoms with van der Waals surface area (Å²) in [6.45, 7) is 0.152. The first kappa shape index (κ1) is 19.2. The van der Waals surface area contributed by atoms with Gasteiger partial charge in [0.25, 0.3) is 0 Å². The summed E-state index contributed by atoms with van der Waals surface area (Å²) in [5, 5.41) is 11.9. The molecule has 0 aliphatic carbocycles. The fourth-order valence-corrected chi connectivity index (χ4v) is 3.11. The van der Waals surface area contributed by atoms with Crippen LogP contribution in [0, 0.1) is 0 Å². The first-order valence-electron chi connectivity index (χ1n) is 7.33. The van der Waals surface area contributed by atoms with Gasteiger partial charge in [0.2, 0.25) is 5.91 Å². The molecule has 0 spiro atoms. The van der Waals surface area contributed by atoms with Crippen LogP contribution in [0.2, 0.25) is 0 Å². The van der Waals surface area contributed by atoms with Crippen LogP contribution in [0.5, 0.6) is 5.75 Å². The highest BCUT2D eigenvalue weighted by atomic mass is 32.2. The van der Waals surface area contributed by atoms with Crippen LogP contribution in [-0.2, 0) is 11.2 Å². The Morgan fingerprint density at radius 2 is 2.09 bits per heavy atom. The van der Waals surface area contributed by atoms with E-state index in [0.717, 1.165) is 24.2 Å². The minimum atomic E-state index is -0.0197. The summed E-state index contributed by atoms with van der Waals surface area (Å²) < 4.78 is 5.12. The molecule has 124 valence electrons. The van der Waals surface area contributed by atoms with Gasteiger partial charge in [-0.1, -0.05) is 12.1 Å². The molecule has 2 atom stereocenters. The van der Waals surface area contributed by atoms with Crippen LogP contribution < -0.4 is 10.1 Å². The Hall–Kier alpha value is -0.850. The standard InChI is InChI=1S/C16H25NO3S2/c1-20-13-7-5-12(6-8-13)10-14(21)11-15(19)17-16(22-2)4-3-9-18/h5-8,14,16,18,21H,3-4,9-11H2,1-2H3,(H,17,19). The molecule has 2 unspecified atom stereocenters. The summed E-state index contributed by atoms with van der Waals surface area (Å²) in [5.41, 5.74) is 1.13. The number of hydrogen-bond acceptors (Lipinski definition) is 5. The molecule has 6 heteroatoms. The highest BCUT2D eigenvalue weighted by Gasteiger charge is 2.14. The molecule has 0 aromatic heterocycles. The molecular weight excluding hydrogens is 318 g/mol. The molecule has 0 aliphatic rings. The molecule has 0 bridgehead atoms. The van der Waals surface area contributed by atoms with E-state index in [9.17, 15) is 4.79 Å². The highest BCUT2D eigenvalue weighted by molar-refractivity contribution is 7.99. The Bertz CT molecular complexity index is 440. The fourth-order valence-electron chi connectivity index (χ4n) is 2.08. The minimum Gasteiger partial charge on any atom is -0.497 e. The molecule has 1 aromatic carbocycles. The summed E-state index contributed by atoms with van der Waals surface area (Å²) in [6, 6.07) is 7.81. The van der Waals surface area contributed by atoms with Crippen molar-refractivity contribution in [3.05, 3.63) is 29.8 Å². The molecule has 2 N–H and O–H groups in total. The zero-order valence-corrected chi connectivity index (χ0v) is 14.8. The first-order valence-corrected chi connectivity index (χ1v) is 9.13. The third-order valence-electron chi connectivity index (χ3n) is 3.28. The number of hydrogen-bond donors (Lipinski definition) is 3. The van der Waals surface area contributed by atoms with Crippen molar-refractivity contribution in [3.8, 4) is 5.75 Å². The Morgan fingerprint density at radius 1 is 1.41 bits per heavy atom. The number of amides is 1. The predicted molar refractivity (Wildman–Crippen MR) is 95.9 cm³/mol. The molecule has 1 rings (SSSR count). The van der Waals surface area contributed by atoms with E-state index in [1.165, 1.54) is 0 Å². The van der Waals surface area contributed by atoms with Crippen molar-refractivity contribution in [2.45, 2.75) is 36.3 Å². The Labute approximate surface area is 142 Å². The van der Waals surface area contributed by atoms with E-state index in [4.69, 9.17) is 9.84 Å². The molecule has 0 aliphatic heterocycles. The van der Waals surface area contributed by atoms with Gasteiger partial charge in [0, 0.05) is 18.3 Å². The molecular formula is C16H25NO3S2. The van der Waals surface area contributed by atoms with E-state index in [-0.39, 0.29) is 23.1 Å². The van der Waals surface area contributed by atoms with Crippen molar-refractivity contribution in [3.63, 3.8) is 0 Å². The van der Waals surface area contributed by atoms with Gasteiger partial charge in [-0.15, -0.1) is 11.8 Å². The van der Waals surface area contributed by atoms with Gasteiger partial charge in [-0.05, 0) is 43.2 Å². The number of benzene rings is 1. The molecule has 22 heavy (non-hydrogen) atoms. The third-order valence-corrected chi connectivity index (χ3v) is 4.57. The van der Waals surface area contributed by atoms with Gasteiger partial charge in [0.15, 0.2) is 0 Å². The van der Waals surface area contributed by atoms with E-state index in [0.29, 0.717) is 12.8 Å². The van der Waals surface area contributed by atoms with Gasteiger partial charge in [0.05, 0.1) is 12.5 Å². The van der Waals surface area contributed by atoms with E-state index < -0.39 is 0 Å². The number of thiol groups is 1. The van der Waals surface area contributed by atoms with Crippen LogP contribution in [0.4, 0.5) is 0 Å². The monoisotopic (exact) mass is 343 g/mol. The van der Waals surface area contributed by atoms with Crippen molar-refractivity contribution in [1.82, 2.24) is 5.32 Å². The molecule has 0 radical (unpaired) electrons. The lowest BCUT2D eigenvalue weighted by Crippen LogP contribution is -2.34. The lowest BCUT2D eigenvalue weighted by molar-refractivity contribution is -0.121. The summed E-state index contributed by atoms with van der Waals surface area (Å²) in [4.78, 5) is 12.0. The summed E-state index contributed by atoms with van der Waals surface area (Å²) in [5.74, 6) is 0.828. The normalized spacial score (nSPS) is 13.5. The molecule has 1 amide bonds. The first-order chi connectivity index (χ1) is 10.6. The SMILES string of the molecule is COc1ccc(CC(S)CC(=O)NC(CCCO)SC)cc1. The summed E-state index contributed by atoms with van der Waals surface area (Å²) in [7, 11) is 1.64. The Balaban J connectivity index is 2.39. The zero-order chi connectivity index (χ0) is 16.4. The van der Waals surface area contributed by atoms with Crippen molar-refractivity contribution in [2.75, 3.05) is 20.0 Å². The topological polar surface area (TPSA) is 58.6 Å². The summed E-state index contributed by atoms with van der Waals surface area (Å²) in [6.07, 6.45) is 4.55. The molecule has 0 fully saturated rings. The average molecular weight is 344 g/mol. The van der Waals surface area contributed by atoms with Gasteiger partial charge < -0.3 is 15.2 Å². The van der Waals surface area contributed by atoms with Crippen molar-refractivity contribution in [2.24, 2.45) is 0 Å². The second kappa shape index (κ2) is 10.8. The van der Waals surface area contributed by atoms with Crippen LogP contribution in [0.25, 0.3) is 0 Å². The zero-order valence-electron chi connectivity index (χ0n) is 13.1. The van der Waals surface area contributed by atoms with Gasteiger partial charge in [-0.3, -0.25) is 4.79 Å². The number of ether oxygens (including phenoxy) is 1. The van der Waals surface area contributed by atoms with Gasteiger partial charge >= 0.3 is 0 Å². The molecule has 0 saturated carbocycles. The molecule has 0 heterocycles. The van der Waals surface area contributed by atoms with Crippen molar-refractivity contribution < 1.29 is 14.6 Å². The van der Waals surface area contributed by atoms with Gasteiger partial charge in [-0.2, -0.15) is 12.6 Å². The van der Waals surface area contributed by atoms with Crippen LogP contribution in [-0.4, -0.2) is 41.6 Å². The summed E-state index contributed by atoms with van der Waals surface area (Å²) >= 11 is 6.10. The van der Waals surface area contributed by atoms with Crippen LogP contribution in [0.3, 0.4) is 0 Å². The number of thioether (sulfide) groups is 1. The largest absolute Gasteiger partial charge is 0.497 e. The van der Waals surface area contributed by atoms with E-state index in [1.54, 1.807) is 18.9 Å². The molecule has 0 saturated heterocycles. The van der Waals surface area contributed by atoms with Crippen molar-refractivity contribution in [1.29, 1.82) is 0 Å². The Morgan fingerprint density at radius 3 is 2.64 bits per heavy atom. The lowest BCUT2D eigenvalue weighted by atomic mass is 10.1. The number of methoxy groups -OCH3 is 1. The maximum Gasteiger partial charge on any atom is 0.221 e. The Kier molecular flexibility index (Phi) is 9.43. The second-order valence-corrected chi connectivity index (χ2v) is 6.84. The number of nitrogens with one attached hydrogen (secondary N) is 1. The average Bonchev–Trinajstić information content (AvgIpc) is 2.51. The van der Waals surface area contributed by atoms with E-state index in [1.807, 2.05) is 30.5 Å². The number of aliphatic hydroxyl groups excluding tert-OH is 1. The van der Waals surface area contributed by atoms with E-state index in [2.05, 4.69) is 17.9 Å². The van der Waals surface area contributed by atoms with Crippen molar-refractivity contribution >= 4 is 30.3 Å². The lowest BCUT2D eigenvalue weighted by Gasteiger charge is -2.17. The number of aliphatic hydroxyl groups is 1. The maximum absolute atomic E-state index is 12.0. The molecule has 1 aromatic rings. The number of carbonyl (C=O) groups excluding carboxylic acids is 1. The number of rotatable bonds is 10. The smallest absolute Gasteiger partial charge is 0.221 e. The van der Waals surface area contributed by atoms with Gasteiger partial charge in [0.1, 0.15) is 5.75 Å². The van der Waals surface area contributed by atoms with Crippen LogP contribution in [0.15, 0.2) is 24.3 Å². The highest BCUT2D eigenvalue weighted by Crippen LogP contribution is 2.16. The second-order valence-electron chi connectivity index (χ2n) is 5.07. The minimum absolute atomic E-state index is 0.00537.